The number of aromatic nitrogens is 3. The van der Waals surface area contributed by atoms with Gasteiger partial charge in [0.1, 0.15) is 0 Å². The zero-order valence-corrected chi connectivity index (χ0v) is 8.40. The maximum atomic E-state index is 4.19. The van der Waals surface area contributed by atoms with E-state index in [2.05, 4.69) is 35.0 Å². The minimum absolute atomic E-state index is 0.496. The van der Waals surface area contributed by atoms with E-state index in [0.29, 0.717) is 12.0 Å². The molecule has 0 aromatic carbocycles. The number of hydrogen-bond acceptors (Lipinski definition) is 2. The average Bonchev–Trinajstić information content (AvgIpc) is 2.75. The highest BCUT2D eigenvalue weighted by Gasteiger charge is 2.18. The highest BCUT2D eigenvalue weighted by molar-refractivity contribution is 4.99. The Morgan fingerprint density at radius 2 is 2.08 bits per heavy atom. The van der Waals surface area contributed by atoms with Gasteiger partial charge in [-0.05, 0) is 18.8 Å². The Morgan fingerprint density at radius 3 is 2.62 bits per heavy atom. The van der Waals surface area contributed by atoms with Gasteiger partial charge >= 0.3 is 0 Å². The standard InChI is InChI=1S/C10H17N3/c1-8(2)10-7-13(12-11-10)9-5-3-4-6-9/h7-9H,3-6H2,1-2H3. The van der Waals surface area contributed by atoms with Crippen LogP contribution in [0.3, 0.4) is 0 Å². The van der Waals surface area contributed by atoms with E-state index in [1.54, 1.807) is 0 Å². The molecule has 1 heterocycles. The van der Waals surface area contributed by atoms with Crippen LogP contribution in [0.2, 0.25) is 0 Å². The molecule has 0 saturated heterocycles. The van der Waals surface area contributed by atoms with Crippen molar-refractivity contribution >= 4 is 0 Å². The van der Waals surface area contributed by atoms with Crippen LogP contribution in [0.25, 0.3) is 0 Å². The molecule has 1 aliphatic carbocycles. The van der Waals surface area contributed by atoms with Gasteiger partial charge in [-0.25, -0.2) is 4.68 Å². The van der Waals surface area contributed by atoms with Gasteiger partial charge in [0.15, 0.2) is 0 Å². The fourth-order valence-electron chi connectivity index (χ4n) is 1.90. The van der Waals surface area contributed by atoms with Crippen LogP contribution in [0.15, 0.2) is 6.20 Å². The van der Waals surface area contributed by atoms with E-state index >= 15 is 0 Å². The van der Waals surface area contributed by atoms with Gasteiger partial charge in [0.2, 0.25) is 0 Å². The Labute approximate surface area is 79.1 Å². The molecule has 1 aromatic rings. The van der Waals surface area contributed by atoms with Gasteiger partial charge in [0, 0.05) is 6.20 Å². The third-order valence-corrected chi connectivity index (χ3v) is 2.82. The predicted molar refractivity (Wildman–Crippen MR) is 51.6 cm³/mol. The summed E-state index contributed by atoms with van der Waals surface area (Å²) < 4.78 is 2.06. The first-order valence-corrected chi connectivity index (χ1v) is 5.19. The van der Waals surface area contributed by atoms with Gasteiger partial charge in [-0.1, -0.05) is 31.9 Å². The molecule has 3 heteroatoms. The van der Waals surface area contributed by atoms with Crippen molar-refractivity contribution < 1.29 is 0 Å². The smallest absolute Gasteiger partial charge is 0.0852 e. The Balaban J connectivity index is 2.12. The van der Waals surface area contributed by atoms with Crippen LogP contribution < -0.4 is 0 Å². The van der Waals surface area contributed by atoms with Gasteiger partial charge in [0.25, 0.3) is 0 Å². The topological polar surface area (TPSA) is 30.7 Å². The van der Waals surface area contributed by atoms with Gasteiger partial charge < -0.3 is 0 Å². The lowest BCUT2D eigenvalue weighted by Crippen LogP contribution is -2.04. The average molecular weight is 179 g/mol. The molecule has 1 saturated carbocycles. The quantitative estimate of drug-likeness (QED) is 0.698. The van der Waals surface area contributed by atoms with Gasteiger partial charge in [-0.15, -0.1) is 5.10 Å². The Kier molecular flexibility index (Phi) is 2.34. The summed E-state index contributed by atoms with van der Waals surface area (Å²) in [7, 11) is 0. The van der Waals surface area contributed by atoms with E-state index in [-0.39, 0.29) is 0 Å². The van der Waals surface area contributed by atoms with Crippen molar-refractivity contribution in [2.75, 3.05) is 0 Å². The molecular weight excluding hydrogens is 162 g/mol. The first-order chi connectivity index (χ1) is 6.27. The minimum Gasteiger partial charge on any atom is -0.249 e. The number of rotatable bonds is 2. The Hall–Kier alpha value is -0.860. The van der Waals surface area contributed by atoms with Crippen molar-refractivity contribution in [2.45, 2.75) is 51.5 Å². The molecule has 2 rings (SSSR count). The molecule has 3 nitrogen and oxygen atoms in total. The molecular formula is C10H17N3. The molecule has 0 bridgehead atoms. The Morgan fingerprint density at radius 1 is 1.38 bits per heavy atom. The van der Waals surface area contributed by atoms with Crippen molar-refractivity contribution in [1.82, 2.24) is 15.0 Å². The molecule has 0 radical (unpaired) electrons. The van der Waals surface area contributed by atoms with E-state index < -0.39 is 0 Å². The number of nitrogens with zero attached hydrogens (tertiary/aromatic N) is 3. The minimum atomic E-state index is 0.496. The molecule has 0 atom stereocenters. The third kappa shape index (κ3) is 1.74. The molecule has 13 heavy (non-hydrogen) atoms. The molecule has 1 aliphatic rings. The zero-order chi connectivity index (χ0) is 9.26. The van der Waals surface area contributed by atoms with Crippen molar-refractivity contribution in [3.05, 3.63) is 11.9 Å². The SMILES string of the molecule is CC(C)c1cn(C2CCCC2)nn1. The second-order valence-corrected chi connectivity index (χ2v) is 4.22. The predicted octanol–water partition coefficient (Wildman–Crippen LogP) is 2.52. The molecule has 0 aliphatic heterocycles. The van der Waals surface area contributed by atoms with Crippen LogP contribution in [0.4, 0.5) is 0 Å². The van der Waals surface area contributed by atoms with Crippen molar-refractivity contribution in [1.29, 1.82) is 0 Å². The second kappa shape index (κ2) is 3.48. The van der Waals surface area contributed by atoms with Crippen molar-refractivity contribution in [3.63, 3.8) is 0 Å². The van der Waals surface area contributed by atoms with Crippen LogP contribution in [-0.2, 0) is 0 Å². The van der Waals surface area contributed by atoms with E-state index in [1.807, 2.05) is 0 Å². The van der Waals surface area contributed by atoms with Crippen molar-refractivity contribution in [3.8, 4) is 0 Å². The van der Waals surface area contributed by atoms with E-state index in [4.69, 9.17) is 0 Å². The molecule has 0 spiro atoms. The fraction of sp³-hybridized carbons (Fsp3) is 0.800. The van der Waals surface area contributed by atoms with Gasteiger partial charge in [-0.3, -0.25) is 0 Å². The second-order valence-electron chi connectivity index (χ2n) is 4.22. The first-order valence-electron chi connectivity index (χ1n) is 5.19. The normalized spacial score (nSPS) is 18.7. The summed E-state index contributed by atoms with van der Waals surface area (Å²) in [5, 5.41) is 8.36. The molecule has 0 amide bonds. The first kappa shape index (κ1) is 8.73. The maximum Gasteiger partial charge on any atom is 0.0852 e. The third-order valence-electron chi connectivity index (χ3n) is 2.82. The summed E-state index contributed by atoms with van der Waals surface area (Å²) in [6.07, 6.45) is 7.37. The van der Waals surface area contributed by atoms with Gasteiger partial charge in [0.05, 0.1) is 11.7 Å². The highest BCUT2D eigenvalue weighted by Crippen LogP contribution is 2.28. The van der Waals surface area contributed by atoms with Crippen LogP contribution in [0.1, 0.15) is 57.2 Å². The largest absolute Gasteiger partial charge is 0.249 e. The van der Waals surface area contributed by atoms with Crippen LogP contribution in [-0.4, -0.2) is 15.0 Å². The lowest BCUT2D eigenvalue weighted by Gasteiger charge is -2.07. The maximum absolute atomic E-state index is 4.19. The number of hydrogen-bond donors (Lipinski definition) is 0. The molecule has 0 N–H and O–H groups in total. The molecule has 1 aromatic heterocycles. The lowest BCUT2D eigenvalue weighted by molar-refractivity contribution is 0.454. The summed E-state index contributed by atoms with van der Waals surface area (Å²) in [6.45, 7) is 4.31. The molecule has 0 unspecified atom stereocenters. The summed E-state index contributed by atoms with van der Waals surface area (Å²) >= 11 is 0. The summed E-state index contributed by atoms with van der Waals surface area (Å²) in [4.78, 5) is 0. The lowest BCUT2D eigenvalue weighted by atomic mass is 10.1. The summed E-state index contributed by atoms with van der Waals surface area (Å²) in [5.41, 5.74) is 1.12. The summed E-state index contributed by atoms with van der Waals surface area (Å²) in [5.74, 6) is 0.496. The van der Waals surface area contributed by atoms with Crippen LogP contribution in [0.5, 0.6) is 0 Å². The monoisotopic (exact) mass is 179 g/mol. The van der Waals surface area contributed by atoms with Crippen molar-refractivity contribution in [2.24, 2.45) is 0 Å². The van der Waals surface area contributed by atoms with Crippen LogP contribution >= 0.6 is 0 Å². The zero-order valence-electron chi connectivity index (χ0n) is 8.40. The Bertz CT molecular complexity index is 271. The summed E-state index contributed by atoms with van der Waals surface area (Å²) in [6, 6.07) is 0.625. The molecule has 72 valence electrons. The highest BCUT2D eigenvalue weighted by atomic mass is 15.4. The van der Waals surface area contributed by atoms with E-state index in [0.717, 1.165) is 5.69 Å². The van der Waals surface area contributed by atoms with Gasteiger partial charge in [-0.2, -0.15) is 0 Å². The van der Waals surface area contributed by atoms with Crippen LogP contribution in [0, 0.1) is 0 Å². The fourth-order valence-corrected chi connectivity index (χ4v) is 1.90. The van der Waals surface area contributed by atoms with E-state index in [9.17, 15) is 0 Å². The van der Waals surface area contributed by atoms with E-state index in [1.165, 1.54) is 25.7 Å². The molecule has 1 fully saturated rings.